The summed E-state index contributed by atoms with van der Waals surface area (Å²) in [6.07, 6.45) is 4.86. The molecule has 0 saturated carbocycles. The number of rotatable bonds is 16. The SMILES string of the molecule is CCOC(=O)CCCCCCN(CCCC(O)COc1ccc(F)cc1)S(C)(=O)=O. The lowest BCUT2D eigenvalue weighted by molar-refractivity contribution is -0.143. The van der Waals surface area contributed by atoms with E-state index in [2.05, 4.69) is 0 Å². The summed E-state index contributed by atoms with van der Waals surface area (Å²) in [6, 6.07) is 5.53. The van der Waals surface area contributed by atoms with Gasteiger partial charge in [-0.15, -0.1) is 0 Å². The maximum atomic E-state index is 12.9. The smallest absolute Gasteiger partial charge is 0.305 e. The Balaban J connectivity index is 2.24. The highest BCUT2D eigenvalue weighted by Gasteiger charge is 2.16. The van der Waals surface area contributed by atoms with Gasteiger partial charge in [-0.3, -0.25) is 4.79 Å². The third kappa shape index (κ3) is 12.1. The minimum Gasteiger partial charge on any atom is -0.491 e. The van der Waals surface area contributed by atoms with Gasteiger partial charge in [0.2, 0.25) is 10.0 Å². The van der Waals surface area contributed by atoms with Crippen molar-refractivity contribution in [1.29, 1.82) is 0 Å². The van der Waals surface area contributed by atoms with Gasteiger partial charge in [-0.1, -0.05) is 12.8 Å². The number of esters is 1. The Morgan fingerprint density at radius 1 is 1.10 bits per heavy atom. The normalized spacial score (nSPS) is 12.7. The molecule has 1 aromatic carbocycles. The van der Waals surface area contributed by atoms with Crippen LogP contribution in [0.25, 0.3) is 0 Å². The number of benzene rings is 1. The highest BCUT2D eigenvalue weighted by Crippen LogP contribution is 2.13. The highest BCUT2D eigenvalue weighted by molar-refractivity contribution is 7.88. The summed E-state index contributed by atoms with van der Waals surface area (Å²) < 4.78 is 48.5. The van der Waals surface area contributed by atoms with Crippen molar-refractivity contribution in [2.75, 3.05) is 32.6 Å². The summed E-state index contributed by atoms with van der Waals surface area (Å²) in [5.74, 6) is -0.0869. The van der Waals surface area contributed by atoms with Gasteiger partial charge in [0.15, 0.2) is 0 Å². The van der Waals surface area contributed by atoms with Crippen LogP contribution in [-0.2, 0) is 19.6 Å². The summed E-state index contributed by atoms with van der Waals surface area (Å²) in [5.41, 5.74) is 0. The van der Waals surface area contributed by atoms with Crippen molar-refractivity contribution >= 4 is 16.0 Å². The molecule has 0 aliphatic heterocycles. The second-order valence-corrected chi connectivity index (χ2v) is 9.17. The monoisotopic (exact) mass is 447 g/mol. The zero-order valence-electron chi connectivity index (χ0n) is 17.9. The van der Waals surface area contributed by atoms with Gasteiger partial charge in [-0.05, 0) is 56.9 Å². The van der Waals surface area contributed by atoms with Crippen LogP contribution < -0.4 is 4.74 Å². The number of carbonyl (C=O) groups excluding carboxylic acids is 1. The number of hydrogen-bond acceptors (Lipinski definition) is 6. The lowest BCUT2D eigenvalue weighted by Gasteiger charge is -2.20. The van der Waals surface area contributed by atoms with Crippen molar-refractivity contribution in [1.82, 2.24) is 4.31 Å². The van der Waals surface area contributed by atoms with Gasteiger partial charge in [-0.25, -0.2) is 17.1 Å². The van der Waals surface area contributed by atoms with E-state index in [1.165, 1.54) is 34.8 Å². The van der Waals surface area contributed by atoms with E-state index in [0.29, 0.717) is 51.1 Å². The van der Waals surface area contributed by atoms with Crippen LogP contribution in [-0.4, -0.2) is 62.5 Å². The fourth-order valence-corrected chi connectivity index (χ4v) is 3.82. The molecule has 1 N–H and O–H groups in total. The Kier molecular flexibility index (Phi) is 12.6. The summed E-state index contributed by atoms with van der Waals surface area (Å²) in [4.78, 5) is 11.3. The number of nitrogens with zero attached hydrogens (tertiary/aromatic N) is 1. The molecule has 1 rings (SSSR count). The first-order valence-electron chi connectivity index (χ1n) is 10.4. The largest absolute Gasteiger partial charge is 0.491 e. The summed E-state index contributed by atoms with van der Waals surface area (Å²) in [7, 11) is -3.32. The first-order chi connectivity index (χ1) is 14.2. The van der Waals surface area contributed by atoms with Gasteiger partial charge in [0, 0.05) is 19.5 Å². The fraction of sp³-hybridized carbons (Fsp3) is 0.667. The number of hydrogen-bond donors (Lipinski definition) is 1. The van der Waals surface area contributed by atoms with Crippen molar-refractivity contribution in [2.45, 2.75) is 58.0 Å². The molecule has 1 unspecified atom stereocenters. The van der Waals surface area contributed by atoms with Crippen LogP contribution in [0.15, 0.2) is 24.3 Å². The Bertz CT molecular complexity index is 711. The molecule has 0 aliphatic carbocycles. The number of aliphatic hydroxyl groups excluding tert-OH is 1. The number of unbranched alkanes of at least 4 members (excludes halogenated alkanes) is 3. The number of aliphatic hydroxyl groups is 1. The average Bonchev–Trinajstić information content (AvgIpc) is 2.68. The molecule has 0 radical (unpaired) electrons. The van der Waals surface area contributed by atoms with E-state index in [0.717, 1.165) is 19.3 Å². The molecule has 30 heavy (non-hydrogen) atoms. The van der Waals surface area contributed by atoms with Gasteiger partial charge < -0.3 is 14.6 Å². The molecule has 0 aliphatic rings. The van der Waals surface area contributed by atoms with Gasteiger partial charge in [0.25, 0.3) is 0 Å². The maximum Gasteiger partial charge on any atom is 0.305 e. The van der Waals surface area contributed by atoms with E-state index < -0.39 is 16.1 Å². The van der Waals surface area contributed by atoms with Gasteiger partial charge in [0.05, 0.1) is 19.0 Å². The van der Waals surface area contributed by atoms with E-state index in [1.54, 1.807) is 6.92 Å². The van der Waals surface area contributed by atoms with Crippen LogP contribution in [0.4, 0.5) is 4.39 Å². The van der Waals surface area contributed by atoms with Crippen LogP contribution in [0, 0.1) is 5.82 Å². The van der Waals surface area contributed by atoms with E-state index in [1.807, 2.05) is 0 Å². The average molecular weight is 448 g/mol. The van der Waals surface area contributed by atoms with Crippen molar-refractivity contribution in [3.63, 3.8) is 0 Å². The van der Waals surface area contributed by atoms with Gasteiger partial charge in [0.1, 0.15) is 18.2 Å². The minimum atomic E-state index is -3.32. The zero-order chi connectivity index (χ0) is 22.4. The molecule has 0 spiro atoms. The first kappa shape index (κ1) is 26.3. The summed E-state index contributed by atoms with van der Waals surface area (Å²) in [6.45, 7) is 2.96. The Hall–Kier alpha value is -1.71. The third-order valence-corrected chi connectivity index (χ3v) is 5.82. The zero-order valence-corrected chi connectivity index (χ0v) is 18.7. The predicted octanol–water partition coefficient (Wildman–Crippen LogP) is 3.12. The van der Waals surface area contributed by atoms with Crippen molar-refractivity contribution < 1.29 is 32.2 Å². The van der Waals surface area contributed by atoms with Crippen molar-refractivity contribution in [3.05, 3.63) is 30.1 Å². The molecule has 7 nitrogen and oxygen atoms in total. The molecule has 0 amide bonds. The topological polar surface area (TPSA) is 93.1 Å². The molecule has 0 saturated heterocycles. The number of sulfonamides is 1. The number of halogens is 1. The summed E-state index contributed by atoms with van der Waals surface area (Å²) >= 11 is 0. The molecule has 0 fully saturated rings. The van der Waals surface area contributed by atoms with Crippen LogP contribution in [0.2, 0.25) is 0 Å². The van der Waals surface area contributed by atoms with Crippen LogP contribution in [0.3, 0.4) is 0 Å². The lowest BCUT2D eigenvalue weighted by atomic mass is 10.1. The second-order valence-electron chi connectivity index (χ2n) is 7.19. The Labute approximate surface area is 179 Å². The van der Waals surface area contributed by atoms with Crippen molar-refractivity contribution in [3.8, 4) is 5.75 Å². The molecule has 9 heteroatoms. The quantitative estimate of drug-likeness (QED) is 0.309. The van der Waals surface area contributed by atoms with E-state index >= 15 is 0 Å². The molecule has 0 bridgehead atoms. The second kappa shape index (κ2) is 14.3. The van der Waals surface area contributed by atoms with Gasteiger partial charge >= 0.3 is 5.97 Å². The molecule has 1 aromatic rings. The standard InChI is InChI=1S/C21H34FNO6S/c1-3-28-21(25)10-6-4-5-7-15-23(30(2,26)27)16-8-9-19(24)17-29-20-13-11-18(22)12-14-20/h11-14,19,24H,3-10,15-17H2,1-2H3. The molecule has 0 aromatic heterocycles. The van der Waals surface area contributed by atoms with E-state index in [-0.39, 0.29) is 18.4 Å². The number of ether oxygens (including phenoxy) is 2. The van der Waals surface area contributed by atoms with E-state index in [9.17, 15) is 22.7 Å². The summed E-state index contributed by atoms with van der Waals surface area (Å²) in [5, 5.41) is 10.0. The van der Waals surface area contributed by atoms with E-state index in [4.69, 9.17) is 9.47 Å². The van der Waals surface area contributed by atoms with Crippen LogP contribution in [0.1, 0.15) is 51.9 Å². The molecule has 1 atom stereocenters. The van der Waals surface area contributed by atoms with Gasteiger partial charge in [-0.2, -0.15) is 0 Å². The molecular formula is C21H34FNO6S. The minimum absolute atomic E-state index is 0.0605. The van der Waals surface area contributed by atoms with Crippen molar-refractivity contribution in [2.24, 2.45) is 0 Å². The Morgan fingerprint density at radius 2 is 1.73 bits per heavy atom. The molecular weight excluding hydrogens is 413 g/mol. The first-order valence-corrected chi connectivity index (χ1v) is 12.2. The number of carbonyl (C=O) groups is 1. The van der Waals surface area contributed by atoms with Crippen LogP contribution >= 0.6 is 0 Å². The molecule has 0 heterocycles. The Morgan fingerprint density at radius 3 is 2.37 bits per heavy atom. The van der Waals surface area contributed by atoms with Crippen LogP contribution in [0.5, 0.6) is 5.75 Å². The third-order valence-electron chi connectivity index (χ3n) is 4.51. The predicted molar refractivity (Wildman–Crippen MR) is 113 cm³/mol. The molecule has 172 valence electrons. The lowest BCUT2D eigenvalue weighted by Crippen LogP contribution is -2.32. The maximum absolute atomic E-state index is 12.9. The highest BCUT2D eigenvalue weighted by atomic mass is 32.2. The fourth-order valence-electron chi connectivity index (χ4n) is 2.90.